The van der Waals surface area contributed by atoms with Crippen molar-refractivity contribution in [3.05, 3.63) is 47.5 Å². The highest BCUT2D eigenvalue weighted by atomic mass is 32.2. The topological polar surface area (TPSA) is 57.2 Å². The second-order valence-corrected chi connectivity index (χ2v) is 8.87. The Bertz CT molecular complexity index is 928. The van der Waals surface area contributed by atoms with Gasteiger partial charge in [0.15, 0.2) is 11.5 Å². The lowest BCUT2D eigenvalue weighted by Gasteiger charge is -2.26. The number of benzene rings is 2. The third kappa shape index (κ3) is 4.71. The summed E-state index contributed by atoms with van der Waals surface area (Å²) in [6.07, 6.45) is 4.79. The van der Waals surface area contributed by atoms with Gasteiger partial charge in [-0.05, 0) is 61.6 Å². The van der Waals surface area contributed by atoms with Crippen LogP contribution < -0.4 is 18.9 Å². The van der Waals surface area contributed by atoms with Gasteiger partial charge in [0, 0.05) is 5.56 Å². The molecule has 1 unspecified atom stereocenters. The summed E-state index contributed by atoms with van der Waals surface area (Å²) in [6, 6.07) is 11.6. The van der Waals surface area contributed by atoms with Gasteiger partial charge in [-0.25, -0.2) is 0 Å². The fraction of sp³-hybridized carbons (Fsp3) is 0.458. The average Bonchev–Trinajstić information content (AvgIpc) is 3.43. The third-order valence-corrected chi connectivity index (χ3v) is 7.12. The highest BCUT2D eigenvalue weighted by molar-refractivity contribution is 8.00. The minimum absolute atomic E-state index is 0.0970. The van der Waals surface area contributed by atoms with Gasteiger partial charge < -0.3 is 23.8 Å². The summed E-state index contributed by atoms with van der Waals surface area (Å²) in [5.74, 6) is 3.51. The first-order valence-corrected chi connectivity index (χ1v) is 11.6. The summed E-state index contributed by atoms with van der Waals surface area (Å²) in [4.78, 5) is 14.7. The zero-order valence-electron chi connectivity index (χ0n) is 18.3. The number of ether oxygens (including phenoxy) is 4. The summed E-state index contributed by atoms with van der Waals surface area (Å²) in [6.45, 7) is 0.446. The predicted octanol–water partition coefficient (Wildman–Crippen LogP) is 4.81. The van der Waals surface area contributed by atoms with E-state index in [1.807, 2.05) is 41.3 Å². The van der Waals surface area contributed by atoms with Gasteiger partial charge in [-0.1, -0.05) is 6.07 Å². The van der Waals surface area contributed by atoms with Gasteiger partial charge in [-0.2, -0.15) is 0 Å². The Labute approximate surface area is 187 Å². The molecule has 2 fully saturated rings. The van der Waals surface area contributed by atoms with Crippen LogP contribution in [0.4, 0.5) is 0 Å². The Morgan fingerprint density at radius 2 is 1.68 bits per heavy atom. The van der Waals surface area contributed by atoms with Crippen LogP contribution in [0.1, 0.15) is 42.2 Å². The Balaban J connectivity index is 1.60. The van der Waals surface area contributed by atoms with Crippen molar-refractivity contribution < 1.29 is 23.7 Å². The Hall–Kier alpha value is -2.54. The van der Waals surface area contributed by atoms with Gasteiger partial charge in [0.25, 0.3) is 0 Å². The van der Waals surface area contributed by atoms with Crippen LogP contribution in [0.25, 0.3) is 0 Å². The van der Waals surface area contributed by atoms with E-state index in [0.717, 1.165) is 47.0 Å². The summed E-state index contributed by atoms with van der Waals surface area (Å²) >= 11 is 1.63. The molecule has 2 aromatic carbocycles. The van der Waals surface area contributed by atoms with E-state index in [2.05, 4.69) is 0 Å². The van der Waals surface area contributed by atoms with Crippen LogP contribution in [-0.4, -0.2) is 44.0 Å². The maximum Gasteiger partial charge on any atom is 0.234 e. The molecule has 1 amide bonds. The number of hydrogen-bond donors (Lipinski definition) is 0. The maximum atomic E-state index is 12.8. The van der Waals surface area contributed by atoms with Crippen LogP contribution in [0.2, 0.25) is 0 Å². The van der Waals surface area contributed by atoms with E-state index in [1.54, 1.807) is 33.1 Å². The largest absolute Gasteiger partial charge is 0.497 e. The molecule has 7 heteroatoms. The Morgan fingerprint density at radius 1 is 0.935 bits per heavy atom. The predicted molar refractivity (Wildman–Crippen MR) is 121 cm³/mol. The molecule has 0 spiro atoms. The molecule has 166 valence electrons. The molecule has 2 aromatic rings. The highest BCUT2D eigenvalue weighted by Gasteiger charge is 2.34. The summed E-state index contributed by atoms with van der Waals surface area (Å²) in [7, 11) is 4.93. The molecule has 1 heterocycles. The van der Waals surface area contributed by atoms with E-state index in [0.29, 0.717) is 12.3 Å². The molecule has 31 heavy (non-hydrogen) atoms. The standard InChI is InChI=1S/C24H29NO5S/c1-27-19-9-11-20(28-2)17(12-19)14-25-23(26)15-31-24(25)16-8-10-21(29-3)22(13-16)30-18-6-4-5-7-18/h8-13,18,24H,4-7,14-15H2,1-3H3. The summed E-state index contributed by atoms with van der Waals surface area (Å²) in [5.41, 5.74) is 1.95. The number of amides is 1. The molecule has 0 bridgehead atoms. The number of hydrogen-bond acceptors (Lipinski definition) is 6. The van der Waals surface area contributed by atoms with Crippen LogP contribution in [0.5, 0.6) is 23.0 Å². The number of methoxy groups -OCH3 is 3. The molecule has 1 saturated heterocycles. The molecular weight excluding hydrogens is 414 g/mol. The van der Waals surface area contributed by atoms with E-state index in [-0.39, 0.29) is 17.4 Å². The monoisotopic (exact) mass is 443 g/mol. The van der Waals surface area contributed by atoms with E-state index in [1.165, 1.54) is 12.8 Å². The number of rotatable bonds is 8. The van der Waals surface area contributed by atoms with Crippen molar-refractivity contribution in [1.82, 2.24) is 4.90 Å². The SMILES string of the molecule is COc1ccc(OC)c(CN2C(=O)CSC2c2ccc(OC)c(OC3CCCC3)c2)c1. The van der Waals surface area contributed by atoms with E-state index < -0.39 is 0 Å². The van der Waals surface area contributed by atoms with Crippen molar-refractivity contribution >= 4 is 17.7 Å². The fourth-order valence-electron chi connectivity index (χ4n) is 4.21. The number of nitrogens with zero attached hydrogens (tertiary/aromatic N) is 1. The van der Waals surface area contributed by atoms with Crippen molar-refractivity contribution in [2.75, 3.05) is 27.1 Å². The second-order valence-electron chi connectivity index (χ2n) is 7.80. The van der Waals surface area contributed by atoms with Gasteiger partial charge in [-0.15, -0.1) is 11.8 Å². The number of carbonyl (C=O) groups excluding carboxylic acids is 1. The molecule has 0 N–H and O–H groups in total. The molecule has 1 aliphatic heterocycles. The molecule has 4 rings (SSSR count). The number of thioether (sulfide) groups is 1. The van der Waals surface area contributed by atoms with E-state index in [4.69, 9.17) is 18.9 Å². The van der Waals surface area contributed by atoms with Crippen LogP contribution in [-0.2, 0) is 11.3 Å². The lowest BCUT2D eigenvalue weighted by molar-refractivity contribution is -0.128. The lowest BCUT2D eigenvalue weighted by Crippen LogP contribution is -2.28. The maximum absolute atomic E-state index is 12.8. The van der Waals surface area contributed by atoms with Crippen LogP contribution in [0.15, 0.2) is 36.4 Å². The zero-order valence-corrected chi connectivity index (χ0v) is 19.1. The second kappa shape index (κ2) is 9.73. The first kappa shape index (κ1) is 21.7. The molecule has 0 aromatic heterocycles. The van der Waals surface area contributed by atoms with Gasteiger partial charge >= 0.3 is 0 Å². The molecule has 6 nitrogen and oxygen atoms in total. The molecule has 1 saturated carbocycles. The lowest BCUT2D eigenvalue weighted by atomic mass is 10.1. The number of carbonyl (C=O) groups is 1. The van der Waals surface area contributed by atoms with Crippen LogP contribution >= 0.6 is 11.8 Å². The molecule has 1 aliphatic carbocycles. The Kier molecular flexibility index (Phi) is 6.80. The van der Waals surface area contributed by atoms with Crippen molar-refractivity contribution in [3.8, 4) is 23.0 Å². The van der Waals surface area contributed by atoms with Crippen molar-refractivity contribution in [2.24, 2.45) is 0 Å². The first-order valence-electron chi connectivity index (χ1n) is 10.6. The third-order valence-electron chi connectivity index (χ3n) is 5.87. The van der Waals surface area contributed by atoms with Gasteiger partial charge in [0.05, 0.1) is 39.7 Å². The normalized spacial score (nSPS) is 19.0. The van der Waals surface area contributed by atoms with Crippen LogP contribution in [0.3, 0.4) is 0 Å². The van der Waals surface area contributed by atoms with Crippen LogP contribution in [0, 0.1) is 0 Å². The zero-order chi connectivity index (χ0) is 21.8. The molecular formula is C24H29NO5S. The molecule has 0 radical (unpaired) electrons. The van der Waals surface area contributed by atoms with E-state index in [9.17, 15) is 4.79 Å². The van der Waals surface area contributed by atoms with Crippen molar-refractivity contribution in [2.45, 2.75) is 43.7 Å². The van der Waals surface area contributed by atoms with Crippen molar-refractivity contribution in [1.29, 1.82) is 0 Å². The summed E-state index contributed by atoms with van der Waals surface area (Å²) in [5, 5.41) is -0.0970. The fourth-order valence-corrected chi connectivity index (χ4v) is 5.39. The quantitative estimate of drug-likeness (QED) is 0.584. The van der Waals surface area contributed by atoms with Gasteiger partial charge in [-0.3, -0.25) is 4.79 Å². The summed E-state index contributed by atoms with van der Waals surface area (Å²) < 4.78 is 22.7. The molecule has 1 atom stereocenters. The van der Waals surface area contributed by atoms with Gasteiger partial charge in [0.1, 0.15) is 16.9 Å². The van der Waals surface area contributed by atoms with Crippen molar-refractivity contribution in [3.63, 3.8) is 0 Å². The Morgan fingerprint density at radius 3 is 2.39 bits per heavy atom. The average molecular weight is 444 g/mol. The minimum atomic E-state index is -0.0970. The smallest absolute Gasteiger partial charge is 0.234 e. The minimum Gasteiger partial charge on any atom is -0.497 e. The first-order chi connectivity index (χ1) is 15.1. The van der Waals surface area contributed by atoms with E-state index >= 15 is 0 Å². The molecule has 2 aliphatic rings. The highest BCUT2D eigenvalue weighted by Crippen LogP contribution is 2.43. The van der Waals surface area contributed by atoms with Gasteiger partial charge in [0.2, 0.25) is 5.91 Å².